The lowest BCUT2D eigenvalue weighted by molar-refractivity contribution is -0.145. The first-order valence-corrected chi connectivity index (χ1v) is 12.6. The maximum atomic E-state index is 12.0. The van der Waals surface area contributed by atoms with Gasteiger partial charge in [0, 0.05) is 19.6 Å². The predicted molar refractivity (Wildman–Crippen MR) is 122 cm³/mol. The van der Waals surface area contributed by atoms with Gasteiger partial charge < -0.3 is 14.2 Å². The van der Waals surface area contributed by atoms with E-state index in [-0.39, 0.29) is 5.97 Å². The molecule has 4 nitrogen and oxygen atoms in total. The lowest BCUT2D eigenvalue weighted by Crippen LogP contribution is -2.15. The average Bonchev–Trinajstić information content (AvgIpc) is 2.73. The molecular formula is C25H50O4. The molecule has 0 saturated carbocycles. The fraction of sp³-hybridized carbons (Fsp3) is 0.960. The smallest absolute Gasteiger partial charge is 0.305 e. The van der Waals surface area contributed by atoms with Crippen molar-refractivity contribution in [3.63, 3.8) is 0 Å². The normalized spacial score (nSPS) is 12.2. The van der Waals surface area contributed by atoms with Gasteiger partial charge in [0.15, 0.2) is 0 Å². The Labute approximate surface area is 181 Å². The summed E-state index contributed by atoms with van der Waals surface area (Å²) in [4.78, 5) is 12.0. The van der Waals surface area contributed by atoms with Crippen LogP contribution in [-0.4, -0.2) is 39.0 Å². The van der Waals surface area contributed by atoms with Crippen LogP contribution >= 0.6 is 0 Å². The Morgan fingerprint density at radius 3 is 1.83 bits per heavy atom. The van der Waals surface area contributed by atoms with Crippen molar-refractivity contribution in [1.29, 1.82) is 0 Å². The summed E-state index contributed by atoms with van der Waals surface area (Å²) >= 11 is 0. The summed E-state index contributed by atoms with van der Waals surface area (Å²) in [5.74, 6) is 0.457. The molecule has 0 bridgehead atoms. The van der Waals surface area contributed by atoms with Crippen LogP contribution in [0, 0.1) is 5.92 Å². The van der Waals surface area contributed by atoms with Gasteiger partial charge in [-0.15, -0.1) is 0 Å². The van der Waals surface area contributed by atoms with Crippen molar-refractivity contribution in [3.8, 4) is 0 Å². The van der Waals surface area contributed by atoms with Crippen molar-refractivity contribution in [3.05, 3.63) is 0 Å². The molecule has 0 aliphatic rings. The van der Waals surface area contributed by atoms with Crippen LogP contribution in [0.3, 0.4) is 0 Å². The number of esters is 1. The largest absolute Gasteiger partial charge is 0.465 e. The zero-order valence-electron chi connectivity index (χ0n) is 19.9. The second-order valence-electron chi connectivity index (χ2n) is 8.28. The Balaban J connectivity index is 3.55. The average molecular weight is 415 g/mol. The number of unbranched alkanes of at least 4 members (excludes halogenated alkanes) is 8. The molecule has 0 fully saturated rings. The summed E-state index contributed by atoms with van der Waals surface area (Å²) in [6.07, 6.45) is 17.4. The highest BCUT2D eigenvalue weighted by atomic mass is 16.5. The number of hydrogen-bond donors (Lipinski definition) is 0. The van der Waals surface area contributed by atoms with Gasteiger partial charge in [0.1, 0.15) is 0 Å². The second kappa shape index (κ2) is 23.7. The number of carbonyl (C=O) groups excluding carboxylic acids is 1. The summed E-state index contributed by atoms with van der Waals surface area (Å²) in [5, 5.41) is 0. The third-order valence-electron chi connectivity index (χ3n) is 5.35. The van der Waals surface area contributed by atoms with Crippen molar-refractivity contribution >= 4 is 5.97 Å². The zero-order valence-corrected chi connectivity index (χ0v) is 19.9. The summed E-state index contributed by atoms with van der Waals surface area (Å²) < 4.78 is 16.7. The molecule has 0 spiro atoms. The molecule has 0 N–H and O–H groups in total. The molecule has 0 heterocycles. The van der Waals surface area contributed by atoms with Gasteiger partial charge in [-0.2, -0.15) is 0 Å². The number of hydrogen-bond acceptors (Lipinski definition) is 4. The third kappa shape index (κ3) is 21.9. The third-order valence-corrected chi connectivity index (χ3v) is 5.35. The van der Waals surface area contributed by atoms with Gasteiger partial charge in [0.25, 0.3) is 0 Å². The van der Waals surface area contributed by atoms with Crippen LogP contribution in [-0.2, 0) is 19.0 Å². The molecule has 1 atom stereocenters. The van der Waals surface area contributed by atoms with E-state index in [1.165, 1.54) is 77.0 Å². The minimum Gasteiger partial charge on any atom is -0.465 e. The predicted octanol–water partition coefficient (Wildman–Crippen LogP) is 7.09. The SMILES string of the molecule is CCCCCCCOCCOCCCC(=O)OCC(CCCC)CCCCCC. The van der Waals surface area contributed by atoms with Gasteiger partial charge in [0.2, 0.25) is 0 Å². The molecule has 29 heavy (non-hydrogen) atoms. The van der Waals surface area contributed by atoms with Gasteiger partial charge in [-0.1, -0.05) is 85.0 Å². The lowest BCUT2D eigenvalue weighted by Gasteiger charge is -2.16. The van der Waals surface area contributed by atoms with Gasteiger partial charge in [-0.25, -0.2) is 0 Å². The van der Waals surface area contributed by atoms with E-state index in [0.717, 1.165) is 19.4 Å². The van der Waals surface area contributed by atoms with Crippen LogP contribution in [0.5, 0.6) is 0 Å². The minimum absolute atomic E-state index is 0.0769. The first kappa shape index (κ1) is 28.4. The standard InChI is InChI=1S/C25H50O4/c1-4-7-10-12-14-19-27-21-22-28-20-15-18-25(26)29-23-24(16-9-6-3)17-13-11-8-5-2/h24H,4-23H2,1-3H3. The Hall–Kier alpha value is -0.610. The van der Waals surface area contributed by atoms with Crippen LogP contribution in [0.25, 0.3) is 0 Å². The van der Waals surface area contributed by atoms with E-state index < -0.39 is 0 Å². The van der Waals surface area contributed by atoms with Gasteiger partial charge >= 0.3 is 5.97 Å². The first-order valence-electron chi connectivity index (χ1n) is 12.6. The van der Waals surface area contributed by atoms with E-state index in [2.05, 4.69) is 20.8 Å². The van der Waals surface area contributed by atoms with Crippen molar-refractivity contribution in [2.45, 2.75) is 117 Å². The van der Waals surface area contributed by atoms with Crippen molar-refractivity contribution < 1.29 is 19.0 Å². The summed E-state index contributed by atoms with van der Waals surface area (Å²) in [6, 6.07) is 0. The fourth-order valence-electron chi connectivity index (χ4n) is 3.39. The van der Waals surface area contributed by atoms with E-state index in [1.807, 2.05) is 0 Å². The molecule has 0 aromatic heterocycles. The van der Waals surface area contributed by atoms with E-state index in [4.69, 9.17) is 14.2 Å². The van der Waals surface area contributed by atoms with Crippen molar-refractivity contribution in [2.24, 2.45) is 5.92 Å². The Morgan fingerprint density at radius 1 is 0.621 bits per heavy atom. The molecule has 0 aliphatic carbocycles. The Kier molecular flexibility index (Phi) is 23.2. The minimum atomic E-state index is -0.0769. The molecule has 0 amide bonds. The summed E-state index contributed by atoms with van der Waals surface area (Å²) in [5.41, 5.74) is 0. The maximum absolute atomic E-state index is 12.0. The van der Waals surface area contributed by atoms with Gasteiger partial charge in [-0.05, 0) is 31.6 Å². The van der Waals surface area contributed by atoms with E-state index in [1.54, 1.807) is 0 Å². The Morgan fingerprint density at radius 2 is 1.17 bits per heavy atom. The van der Waals surface area contributed by atoms with Crippen LogP contribution in [0.4, 0.5) is 0 Å². The van der Waals surface area contributed by atoms with E-state index >= 15 is 0 Å². The molecule has 0 aromatic rings. The van der Waals surface area contributed by atoms with Crippen molar-refractivity contribution in [1.82, 2.24) is 0 Å². The molecule has 1 unspecified atom stereocenters. The molecular weight excluding hydrogens is 364 g/mol. The molecule has 0 aliphatic heterocycles. The first-order chi connectivity index (χ1) is 14.2. The zero-order chi connectivity index (χ0) is 21.4. The molecule has 0 radical (unpaired) electrons. The van der Waals surface area contributed by atoms with E-state index in [9.17, 15) is 4.79 Å². The van der Waals surface area contributed by atoms with Crippen LogP contribution in [0.1, 0.15) is 117 Å². The molecule has 4 heteroatoms. The highest BCUT2D eigenvalue weighted by molar-refractivity contribution is 5.69. The van der Waals surface area contributed by atoms with Crippen LogP contribution in [0.2, 0.25) is 0 Å². The lowest BCUT2D eigenvalue weighted by atomic mass is 9.96. The van der Waals surface area contributed by atoms with Crippen LogP contribution < -0.4 is 0 Å². The molecule has 0 saturated heterocycles. The quantitative estimate of drug-likeness (QED) is 0.132. The van der Waals surface area contributed by atoms with Gasteiger partial charge in [-0.3, -0.25) is 4.79 Å². The van der Waals surface area contributed by atoms with Gasteiger partial charge in [0.05, 0.1) is 19.8 Å². The van der Waals surface area contributed by atoms with Crippen LogP contribution in [0.15, 0.2) is 0 Å². The summed E-state index contributed by atoms with van der Waals surface area (Å²) in [7, 11) is 0. The number of rotatable bonds is 23. The molecule has 0 aromatic carbocycles. The fourth-order valence-corrected chi connectivity index (χ4v) is 3.39. The summed E-state index contributed by atoms with van der Waals surface area (Å²) in [6.45, 7) is 9.98. The monoisotopic (exact) mass is 414 g/mol. The Bertz CT molecular complexity index is 333. The molecule has 0 rings (SSSR count). The highest BCUT2D eigenvalue weighted by Gasteiger charge is 2.11. The molecule has 174 valence electrons. The van der Waals surface area contributed by atoms with E-state index in [0.29, 0.717) is 38.8 Å². The maximum Gasteiger partial charge on any atom is 0.305 e. The number of carbonyl (C=O) groups is 1. The second-order valence-corrected chi connectivity index (χ2v) is 8.28. The van der Waals surface area contributed by atoms with Crippen molar-refractivity contribution in [2.75, 3.05) is 33.0 Å². The topological polar surface area (TPSA) is 44.8 Å². The highest BCUT2D eigenvalue weighted by Crippen LogP contribution is 2.18. The number of ether oxygens (including phenoxy) is 3.